The van der Waals surface area contributed by atoms with E-state index in [-0.39, 0.29) is 5.41 Å². The monoisotopic (exact) mass is 911 g/mol. The van der Waals surface area contributed by atoms with E-state index in [1.165, 1.54) is 75.8 Å². The number of fused-ring (bicyclic) bond motifs is 11. The number of thiophene rings is 1. The van der Waals surface area contributed by atoms with Crippen LogP contribution in [0.2, 0.25) is 0 Å². The minimum Gasteiger partial charge on any atom is -0.455 e. The normalized spacial score (nSPS) is 12.8. The largest absolute Gasteiger partial charge is 0.455 e. The maximum atomic E-state index is 6.79. The minimum absolute atomic E-state index is 0.142. The number of furan rings is 1. The lowest BCUT2D eigenvalue weighted by Gasteiger charge is -2.28. The molecule has 13 aromatic rings. The highest BCUT2D eigenvalue weighted by Crippen LogP contribution is 2.52. The summed E-state index contributed by atoms with van der Waals surface area (Å²) in [6.07, 6.45) is 0. The molecule has 70 heavy (non-hydrogen) atoms. The van der Waals surface area contributed by atoms with Gasteiger partial charge in [-0.05, 0) is 115 Å². The van der Waals surface area contributed by atoms with Gasteiger partial charge in [0.25, 0.3) is 0 Å². The lowest BCUT2D eigenvalue weighted by atomic mass is 9.82. The molecular formula is C67H45NOS. The second kappa shape index (κ2) is 15.8. The first-order chi connectivity index (χ1) is 34.5. The fraction of sp³-hybridized carbons (Fsp3) is 0.0448. The van der Waals surface area contributed by atoms with Crippen molar-refractivity contribution >= 4 is 81.3 Å². The summed E-state index contributed by atoms with van der Waals surface area (Å²) in [6.45, 7) is 4.72. The van der Waals surface area contributed by atoms with Crippen molar-refractivity contribution in [3.63, 3.8) is 0 Å². The van der Waals surface area contributed by atoms with E-state index < -0.39 is 0 Å². The van der Waals surface area contributed by atoms with E-state index in [4.69, 9.17) is 4.42 Å². The maximum absolute atomic E-state index is 6.79. The van der Waals surface area contributed by atoms with Gasteiger partial charge < -0.3 is 9.32 Å². The van der Waals surface area contributed by atoms with Gasteiger partial charge in [0, 0.05) is 64.4 Å². The second-order valence-corrected chi connectivity index (χ2v) is 20.2. The molecule has 0 atom stereocenters. The number of anilines is 3. The summed E-state index contributed by atoms with van der Waals surface area (Å²) in [7, 11) is 0. The highest BCUT2D eigenvalue weighted by atomic mass is 32.1. The molecule has 0 N–H and O–H groups in total. The predicted molar refractivity (Wildman–Crippen MR) is 298 cm³/mol. The molecule has 0 saturated carbocycles. The quantitative estimate of drug-likeness (QED) is 0.158. The number of para-hydroxylation sites is 1. The SMILES string of the molecule is CC1(C)c2ccccc2-c2ccc(N(c3ccc(-c4c(-c5ccc(-c6ccccc6)cc5)c5c6ccccc6oc5c5ccccc45)cc3)c3ccc(-c4cccc5c4sc4ccccc45)cc3)cc21. The average molecular weight is 912 g/mol. The zero-order valence-corrected chi connectivity index (χ0v) is 39.6. The van der Waals surface area contributed by atoms with Crippen molar-refractivity contribution in [2.45, 2.75) is 19.3 Å². The van der Waals surface area contributed by atoms with Gasteiger partial charge in [-0.3, -0.25) is 0 Å². The summed E-state index contributed by atoms with van der Waals surface area (Å²) in [5.74, 6) is 0. The Morgan fingerprint density at radius 2 is 0.914 bits per heavy atom. The number of rotatable bonds is 7. The smallest absolute Gasteiger partial charge is 0.143 e. The Morgan fingerprint density at radius 1 is 0.371 bits per heavy atom. The zero-order chi connectivity index (χ0) is 46.5. The van der Waals surface area contributed by atoms with Crippen LogP contribution in [0.15, 0.2) is 241 Å². The van der Waals surface area contributed by atoms with E-state index in [2.05, 4.69) is 255 Å². The van der Waals surface area contributed by atoms with Crippen LogP contribution in [-0.2, 0) is 5.41 Å². The second-order valence-electron chi connectivity index (χ2n) is 19.2. The molecule has 2 aromatic heterocycles. The molecule has 2 heterocycles. The lowest BCUT2D eigenvalue weighted by Crippen LogP contribution is -2.16. The summed E-state index contributed by atoms with van der Waals surface area (Å²) in [4.78, 5) is 2.43. The van der Waals surface area contributed by atoms with Crippen molar-refractivity contribution in [1.82, 2.24) is 0 Å². The molecule has 0 amide bonds. The van der Waals surface area contributed by atoms with Gasteiger partial charge in [0.2, 0.25) is 0 Å². The van der Waals surface area contributed by atoms with Crippen LogP contribution in [0.1, 0.15) is 25.0 Å². The van der Waals surface area contributed by atoms with Gasteiger partial charge in [0.05, 0.1) is 0 Å². The van der Waals surface area contributed by atoms with Crippen molar-refractivity contribution in [1.29, 1.82) is 0 Å². The lowest BCUT2D eigenvalue weighted by molar-refractivity contribution is 0.660. The highest BCUT2D eigenvalue weighted by molar-refractivity contribution is 7.26. The summed E-state index contributed by atoms with van der Waals surface area (Å²) in [5.41, 5.74) is 19.8. The topological polar surface area (TPSA) is 16.4 Å². The Labute approximate surface area is 411 Å². The Kier molecular flexibility index (Phi) is 9.14. The van der Waals surface area contributed by atoms with E-state index >= 15 is 0 Å². The molecule has 0 spiro atoms. The Balaban J connectivity index is 0.943. The van der Waals surface area contributed by atoms with Gasteiger partial charge in [-0.25, -0.2) is 0 Å². The first-order valence-electron chi connectivity index (χ1n) is 24.2. The van der Waals surface area contributed by atoms with Crippen LogP contribution >= 0.6 is 11.3 Å². The fourth-order valence-electron chi connectivity index (χ4n) is 11.5. The molecule has 3 heteroatoms. The van der Waals surface area contributed by atoms with Crippen molar-refractivity contribution in [3.05, 3.63) is 248 Å². The third-order valence-corrected chi connectivity index (χ3v) is 16.1. The summed E-state index contributed by atoms with van der Waals surface area (Å²) in [5, 5.41) is 7.14. The van der Waals surface area contributed by atoms with E-state index in [9.17, 15) is 0 Å². The molecule has 330 valence electrons. The Morgan fingerprint density at radius 3 is 1.70 bits per heavy atom. The van der Waals surface area contributed by atoms with Crippen molar-refractivity contribution in [2.24, 2.45) is 0 Å². The van der Waals surface area contributed by atoms with Gasteiger partial charge in [-0.1, -0.05) is 202 Å². The average Bonchev–Trinajstić information content (AvgIpc) is 4.07. The Hall–Kier alpha value is -8.50. The standard InChI is InChI=1S/C67H45NOS/c1-67(2)58-24-11-8-17-51(58)52-40-39-49(41-59(52)67)68(47-35-31-44(32-36-47)50-22-14-23-56-53-18-10-13-26-61(53)70-66(50)56)48-37-33-45(34-38-48)62-54-19-6-7-20-55(54)65-64(57-21-9-12-25-60(57)69-65)63(62)46-29-27-43(28-30-46)42-15-4-3-5-16-42/h3-41H,1-2H3. The molecule has 0 saturated heterocycles. The van der Waals surface area contributed by atoms with Gasteiger partial charge in [-0.15, -0.1) is 11.3 Å². The van der Waals surface area contributed by atoms with Gasteiger partial charge in [0.1, 0.15) is 11.2 Å². The zero-order valence-electron chi connectivity index (χ0n) is 38.8. The molecule has 11 aromatic carbocycles. The van der Waals surface area contributed by atoms with Crippen LogP contribution < -0.4 is 4.90 Å². The maximum Gasteiger partial charge on any atom is 0.143 e. The highest BCUT2D eigenvalue weighted by Gasteiger charge is 2.36. The van der Waals surface area contributed by atoms with Crippen molar-refractivity contribution < 1.29 is 4.42 Å². The van der Waals surface area contributed by atoms with Crippen LogP contribution in [-0.4, -0.2) is 0 Å². The molecule has 0 radical (unpaired) electrons. The van der Waals surface area contributed by atoms with Gasteiger partial charge in [-0.2, -0.15) is 0 Å². The molecule has 1 aliphatic carbocycles. The number of benzene rings is 11. The molecule has 0 unspecified atom stereocenters. The van der Waals surface area contributed by atoms with Crippen LogP contribution in [0.3, 0.4) is 0 Å². The summed E-state index contributed by atoms with van der Waals surface area (Å²) < 4.78 is 9.43. The minimum atomic E-state index is -0.142. The summed E-state index contributed by atoms with van der Waals surface area (Å²) in [6, 6.07) is 86.8. The molecule has 14 rings (SSSR count). The van der Waals surface area contributed by atoms with Gasteiger partial charge >= 0.3 is 0 Å². The third kappa shape index (κ3) is 6.25. The van der Waals surface area contributed by atoms with Crippen molar-refractivity contribution in [3.8, 4) is 55.6 Å². The number of nitrogens with zero attached hydrogens (tertiary/aromatic N) is 1. The van der Waals surface area contributed by atoms with Crippen LogP contribution in [0.5, 0.6) is 0 Å². The fourth-order valence-corrected chi connectivity index (χ4v) is 12.7. The van der Waals surface area contributed by atoms with Crippen LogP contribution in [0.4, 0.5) is 17.1 Å². The molecule has 0 fully saturated rings. The van der Waals surface area contributed by atoms with E-state index in [1.807, 2.05) is 11.3 Å². The number of hydrogen-bond donors (Lipinski definition) is 0. The predicted octanol–water partition coefficient (Wildman–Crippen LogP) is 19.6. The van der Waals surface area contributed by atoms with E-state index in [0.29, 0.717) is 0 Å². The van der Waals surface area contributed by atoms with Crippen LogP contribution in [0, 0.1) is 0 Å². The van der Waals surface area contributed by atoms with Crippen LogP contribution in [0.25, 0.3) is 109 Å². The summed E-state index contributed by atoms with van der Waals surface area (Å²) >= 11 is 1.88. The van der Waals surface area contributed by atoms with E-state index in [1.54, 1.807) is 0 Å². The van der Waals surface area contributed by atoms with Gasteiger partial charge in [0.15, 0.2) is 0 Å². The molecular weight excluding hydrogens is 867 g/mol. The Bertz CT molecular complexity index is 4180. The first-order valence-corrected chi connectivity index (χ1v) is 25.0. The molecule has 0 bridgehead atoms. The van der Waals surface area contributed by atoms with E-state index in [0.717, 1.165) is 60.9 Å². The molecule has 1 aliphatic rings. The third-order valence-electron chi connectivity index (χ3n) is 14.9. The molecule has 0 aliphatic heterocycles. The number of hydrogen-bond acceptors (Lipinski definition) is 3. The van der Waals surface area contributed by atoms with Crippen molar-refractivity contribution in [2.75, 3.05) is 4.90 Å². The molecule has 2 nitrogen and oxygen atoms in total. The first kappa shape index (κ1) is 40.6.